The molecule has 0 amide bonds. The third-order valence-corrected chi connectivity index (χ3v) is 5.17. The standard InChI is InChI=1S/C18H31N5O4S/c1-4-20-18(21-6-8-28(19,24)25)22-15-5-7-23(13-15)12-14-9-16(26-2)11-17(10-14)27-3/h9-11,15H,4-8,12-13H2,1-3H3,(H2,19,24,25)(H2,20,21,22). The summed E-state index contributed by atoms with van der Waals surface area (Å²) in [4.78, 5) is 6.65. The molecule has 1 atom stereocenters. The van der Waals surface area contributed by atoms with Crippen LogP contribution in [-0.2, 0) is 16.6 Å². The Morgan fingerprint density at radius 1 is 1.29 bits per heavy atom. The summed E-state index contributed by atoms with van der Waals surface area (Å²) in [5, 5.41) is 11.5. The van der Waals surface area contributed by atoms with Crippen LogP contribution in [0, 0.1) is 0 Å². The minimum Gasteiger partial charge on any atom is -0.497 e. The number of nitrogens with zero attached hydrogens (tertiary/aromatic N) is 2. The maximum absolute atomic E-state index is 11.1. The molecular weight excluding hydrogens is 382 g/mol. The largest absolute Gasteiger partial charge is 0.497 e. The number of ether oxygens (including phenoxy) is 2. The summed E-state index contributed by atoms with van der Waals surface area (Å²) in [6, 6.07) is 6.13. The van der Waals surface area contributed by atoms with Crippen molar-refractivity contribution in [1.29, 1.82) is 0 Å². The number of nitrogens with two attached hydrogens (primary N) is 1. The minimum absolute atomic E-state index is 0.133. The Morgan fingerprint density at radius 2 is 1.96 bits per heavy atom. The quantitative estimate of drug-likeness (QED) is 0.389. The van der Waals surface area contributed by atoms with E-state index in [2.05, 4.69) is 20.5 Å². The van der Waals surface area contributed by atoms with Gasteiger partial charge in [-0.15, -0.1) is 0 Å². The van der Waals surface area contributed by atoms with Gasteiger partial charge in [-0.05, 0) is 31.0 Å². The van der Waals surface area contributed by atoms with E-state index in [1.807, 2.05) is 25.1 Å². The van der Waals surface area contributed by atoms with Gasteiger partial charge in [-0.1, -0.05) is 0 Å². The molecule has 10 heteroatoms. The maximum atomic E-state index is 11.1. The fourth-order valence-corrected chi connectivity index (χ4v) is 3.45. The summed E-state index contributed by atoms with van der Waals surface area (Å²) in [6.07, 6.45) is 0.973. The Morgan fingerprint density at radius 3 is 2.54 bits per heavy atom. The lowest BCUT2D eigenvalue weighted by Crippen LogP contribution is -2.44. The Kier molecular flexibility index (Phi) is 8.34. The smallest absolute Gasteiger partial charge is 0.210 e. The van der Waals surface area contributed by atoms with Gasteiger partial charge >= 0.3 is 0 Å². The van der Waals surface area contributed by atoms with Crippen LogP contribution in [0.1, 0.15) is 18.9 Å². The molecule has 1 fully saturated rings. The number of guanidine groups is 1. The van der Waals surface area contributed by atoms with Crippen LogP contribution in [-0.4, -0.2) is 71.5 Å². The van der Waals surface area contributed by atoms with Crippen LogP contribution in [0.2, 0.25) is 0 Å². The average molecular weight is 414 g/mol. The van der Waals surface area contributed by atoms with E-state index in [-0.39, 0.29) is 18.3 Å². The molecule has 1 aromatic rings. The molecule has 1 heterocycles. The van der Waals surface area contributed by atoms with Crippen molar-refractivity contribution in [3.05, 3.63) is 23.8 Å². The predicted octanol–water partition coefficient (Wildman–Crippen LogP) is 0.122. The zero-order valence-electron chi connectivity index (χ0n) is 16.8. The van der Waals surface area contributed by atoms with Gasteiger partial charge in [0, 0.05) is 38.3 Å². The first-order valence-electron chi connectivity index (χ1n) is 9.32. The zero-order chi connectivity index (χ0) is 20.6. The van der Waals surface area contributed by atoms with Crippen LogP contribution < -0.4 is 25.2 Å². The summed E-state index contributed by atoms with van der Waals surface area (Å²) in [7, 11) is -0.219. The molecule has 0 radical (unpaired) electrons. The number of primary sulfonamides is 1. The van der Waals surface area contributed by atoms with Gasteiger partial charge in [0.2, 0.25) is 10.0 Å². The lowest BCUT2D eigenvalue weighted by atomic mass is 10.2. The van der Waals surface area contributed by atoms with Gasteiger partial charge in [-0.2, -0.15) is 0 Å². The molecule has 0 saturated carbocycles. The number of likely N-dealkylation sites (tertiary alicyclic amines) is 1. The molecule has 9 nitrogen and oxygen atoms in total. The number of aliphatic imine (C=N–C) groups is 1. The molecule has 1 unspecified atom stereocenters. The van der Waals surface area contributed by atoms with Crippen molar-refractivity contribution in [2.75, 3.05) is 46.2 Å². The molecule has 158 valence electrons. The lowest BCUT2D eigenvalue weighted by Gasteiger charge is -2.19. The second kappa shape index (κ2) is 10.5. The van der Waals surface area contributed by atoms with Crippen molar-refractivity contribution < 1.29 is 17.9 Å². The SMILES string of the molecule is CCNC(=NCCS(N)(=O)=O)NC1CCN(Cc2cc(OC)cc(OC)c2)C1. The first kappa shape index (κ1) is 22.3. The number of methoxy groups -OCH3 is 2. The summed E-state index contributed by atoms with van der Waals surface area (Å²) in [5.74, 6) is 2.00. The first-order valence-corrected chi connectivity index (χ1v) is 11.0. The predicted molar refractivity (Wildman–Crippen MR) is 110 cm³/mol. The van der Waals surface area contributed by atoms with Gasteiger partial charge in [0.05, 0.1) is 26.5 Å². The van der Waals surface area contributed by atoms with Crippen molar-refractivity contribution >= 4 is 16.0 Å². The zero-order valence-corrected chi connectivity index (χ0v) is 17.6. The Hall–Kier alpha value is -2.04. The number of hydrogen-bond acceptors (Lipinski definition) is 6. The number of sulfonamides is 1. The van der Waals surface area contributed by atoms with E-state index in [1.165, 1.54) is 0 Å². The first-order chi connectivity index (χ1) is 13.3. The molecule has 1 aromatic carbocycles. The third-order valence-electron chi connectivity index (χ3n) is 4.42. The van der Waals surface area contributed by atoms with Crippen LogP contribution in [0.4, 0.5) is 0 Å². The van der Waals surface area contributed by atoms with E-state index in [4.69, 9.17) is 14.6 Å². The fourth-order valence-electron chi connectivity index (χ4n) is 3.11. The topological polar surface area (TPSA) is 118 Å². The highest BCUT2D eigenvalue weighted by molar-refractivity contribution is 7.89. The highest BCUT2D eigenvalue weighted by Gasteiger charge is 2.23. The third kappa shape index (κ3) is 7.53. The van der Waals surface area contributed by atoms with E-state index in [1.54, 1.807) is 14.2 Å². The van der Waals surface area contributed by atoms with E-state index in [0.29, 0.717) is 12.5 Å². The van der Waals surface area contributed by atoms with Crippen LogP contribution in [0.25, 0.3) is 0 Å². The minimum atomic E-state index is -3.51. The Labute approximate surface area is 167 Å². The van der Waals surface area contributed by atoms with Gasteiger partial charge in [-0.25, -0.2) is 13.6 Å². The Balaban J connectivity index is 1.92. The lowest BCUT2D eigenvalue weighted by molar-refractivity contribution is 0.321. The molecular formula is C18H31N5O4S. The number of hydrogen-bond donors (Lipinski definition) is 3. The maximum Gasteiger partial charge on any atom is 0.210 e. The van der Waals surface area contributed by atoms with Crippen molar-refractivity contribution in [3.63, 3.8) is 0 Å². The van der Waals surface area contributed by atoms with Gasteiger partial charge in [-0.3, -0.25) is 9.89 Å². The Bertz CT molecular complexity index is 747. The summed E-state index contributed by atoms with van der Waals surface area (Å²) >= 11 is 0. The van der Waals surface area contributed by atoms with E-state index in [0.717, 1.165) is 43.1 Å². The van der Waals surface area contributed by atoms with Crippen LogP contribution >= 0.6 is 0 Å². The van der Waals surface area contributed by atoms with Crippen LogP contribution in [0.5, 0.6) is 11.5 Å². The molecule has 0 bridgehead atoms. The summed E-state index contributed by atoms with van der Waals surface area (Å²) in [6.45, 7) is 5.40. The van der Waals surface area contributed by atoms with Crippen LogP contribution in [0.15, 0.2) is 23.2 Å². The molecule has 0 aromatic heterocycles. The highest BCUT2D eigenvalue weighted by atomic mass is 32.2. The van der Waals surface area contributed by atoms with E-state index >= 15 is 0 Å². The highest BCUT2D eigenvalue weighted by Crippen LogP contribution is 2.24. The molecule has 1 aliphatic heterocycles. The molecule has 1 aliphatic rings. The normalized spacial score (nSPS) is 18.1. The van der Waals surface area contributed by atoms with Crippen molar-refractivity contribution in [3.8, 4) is 11.5 Å². The molecule has 1 saturated heterocycles. The van der Waals surface area contributed by atoms with Crippen molar-refractivity contribution in [2.24, 2.45) is 10.1 Å². The second-order valence-electron chi connectivity index (χ2n) is 6.71. The van der Waals surface area contributed by atoms with E-state index < -0.39 is 10.0 Å². The summed E-state index contributed by atoms with van der Waals surface area (Å²) < 4.78 is 32.8. The monoisotopic (exact) mass is 413 g/mol. The van der Waals surface area contributed by atoms with Gasteiger partial charge in [0.1, 0.15) is 11.5 Å². The number of nitrogens with one attached hydrogen (secondary N) is 2. The molecule has 4 N–H and O–H groups in total. The van der Waals surface area contributed by atoms with Gasteiger partial charge < -0.3 is 20.1 Å². The molecule has 0 spiro atoms. The summed E-state index contributed by atoms with van der Waals surface area (Å²) in [5.41, 5.74) is 1.13. The molecule has 28 heavy (non-hydrogen) atoms. The van der Waals surface area contributed by atoms with E-state index in [9.17, 15) is 8.42 Å². The van der Waals surface area contributed by atoms with Crippen LogP contribution in [0.3, 0.4) is 0 Å². The molecule has 0 aliphatic carbocycles. The second-order valence-corrected chi connectivity index (χ2v) is 8.45. The number of benzene rings is 1. The fraction of sp³-hybridized carbons (Fsp3) is 0.611. The van der Waals surface area contributed by atoms with Gasteiger partial charge in [0.15, 0.2) is 5.96 Å². The molecule has 2 rings (SSSR count). The van der Waals surface area contributed by atoms with Crippen molar-refractivity contribution in [2.45, 2.75) is 25.9 Å². The average Bonchev–Trinajstić information content (AvgIpc) is 3.07. The van der Waals surface area contributed by atoms with Crippen molar-refractivity contribution in [1.82, 2.24) is 15.5 Å². The van der Waals surface area contributed by atoms with Gasteiger partial charge in [0.25, 0.3) is 0 Å². The number of rotatable bonds is 9.